The van der Waals surface area contributed by atoms with E-state index in [-0.39, 0.29) is 0 Å². The number of aromatic nitrogens is 3. The maximum absolute atomic E-state index is 5.31. The Morgan fingerprint density at radius 2 is 2.32 bits per heavy atom. The molecule has 0 saturated carbocycles. The van der Waals surface area contributed by atoms with E-state index in [0.29, 0.717) is 24.3 Å². The molecule has 1 fully saturated rings. The van der Waals surface area contributed by atoms with Gasteiger partial charge >= 0.3 is 0 Å². The van der Waals surface area contributed by atoms with Crippen molar-refractivity contribution in [3.63, 3.8) is 0 Å². The van der Waals surface area contributed by atoms with Crippen LogP contribution in [0.25, 0.3) is 11.5 Å². The van der Waals surface area contributed by atoms with Gasteiger partial charge in [0, 0.05) is 25.3 Å². The Morgan fingerprint density at radius 1 is 1.42 bits per heavy atom. The predicted octanol–water partition coefficient (Wildman–Crippen LogP) is 0.925. The molecule has 100 valence electrons. The van der Waals surface area contributed by atoms with Crippen LogP contribution < -0.4 is 5.32 Å². The first-order valence-corrected chi connectivity index (χ1v) is 6.55. The molecule has 0 spiro atoms. The minimum Gasteiger partial charge on any atom is -0.337 e. The highest BCUT2D eigenvalue weighted by molar-refractivity contribution is 5.46. The lowest BCUT2D eigenvalue weighted by molar-refractivity contribution is 0.129. The summed E-state index contributed by atoms with van der Waals surface area (Å²) in [6.45, 7) is 5.90. The van der Waals surface area contributed by atoms with Crippen LogP contribution in [-0.4, -0.2) is 45.7 Å². The molecular formula is C13H17N5O. The number of pyridine rings is 1. The number of hydrogen-bond donors (Lipinski definition) is 1. The van der Waals surface area contributed by atoms with Crippen LogP contribution in [0.4, 0.5) is 0 Å². The molecule has 6 heteroatoms. The van der Waals surface area contributed by atoms with Crippen LogP contribution in [-0.2, 0) is 6.54 Å². The minimum atomic E-state index is 0.554. The fourth-order valence-corrected chi connectivity index (χ4v) is 2.12. The van der Waals surface area contributed by atoms with Gasteiger partial charge in [-0.15, -0.1) is 0 Å². The van der Waals surface area contributed by atoms with E-state index in [1.807, 2.05) is 18.2 Å². The molecule has 6 nitrogen and oxygen atoms in total. The molecule has 0 amide bonds. The molecule has 2 aromatic heterocycles. The lowest BCUT2D eigenvalue weighted by Crippen LogP contribution is -2.56. The summed E-state index contributed by atoms with van der Waals surface area (Å²) in [7, 11) is 0. The van der Waals surface area contributed by atoms with Gasteiger partial charge in [0.05, 0.1) is 6.54 Å². The van der Waals surface area contributed by atoms with Crippen molar-refractivity contribution in [2.45, 2.75) is 19.5 Å². The Balaban J connectivity index is 1.70. The summed E-state index contributed by atoms with van der Waals surface area (Å²) in [4.78, 5) is 11.0. The second kappa shape index (κ2) is 5.46. The molecule has 1 aliphatic rings. The minimum absolute atomic E-state index is 0.554. The number of likely N-dealkylation sites (N-methyl/N-ethyl adjacent to an activating group) is 1. The van der Waals surface area contributed by atoms with Crippen molar-refractivity contribution in [3.8, 4) is 11.5 Å². The maximum Gasteiger partial charge on any atom is 0.241 e. The van der Waals surface area contributed by atoms with Crippen molar-refractivity contribution < 1.29 is 4.52 Å². The van der Waals surface area contributed by atoms with Gasteiger partial charge in [-0.3, -0.25) is 9.88 Å². The highest BCUT2D eigenvalue weighted by atomic mass is 16.5. The average molecular weight is 259 g/mol. The van der Waals surface area contributed by atoms with Crippen molar-refractivity contribution >= 4 is 0 Å². The van der Waals surface area contributed by atoms with Crippen LogP contribution in [0.3, 0.4) is 0 Å². The van der Waals surface area contributed by atoms with Gasteiger partial charge in [0.1, 0.15) is 5.69 Å². The van der Waals surface area contributed by atoms with Crippen LogP contribution in [0.5, 0.6) is 0 Å². The van der Waals surface area contributed by atoms with Gasteiger partial charge in [0.2, 0.25) is 11.7 Å². The summed E-state index contributed by atoms with van der Waals surface area (Å²) in [6.07, 6.45) is 1.73. The Bertz CT molecular complexity index is 523. The molecule has 3 rings (SSSR count). The summed E-state index contributed by atoms with van der Waals surface area (Å²) in [5, 5.41) is 7.26. The number of rotatable bonds is 5. The predicted molar refractivity (Wildman–Crippen MR) is 70.3 cm³/mol. The lowest BCUT2D eigenvalue weighted by atomic mass is 10.1. The van der Waals surface area contributed by atoms with Gasteiger partial charge in [-0.05, 0) is 18.7 Å². The van der Waals surface area contributed by atoms with Gasteiger partial charge in [-0.25, -0.2) is 0 Å². The molecule has 0 radical (unpaired) electrons. The van der Waals surface area contributed by atoms with Gasteiger partial charge < -0.3 is 9.84 Å². The van der Waals surface area contributed by atoms with Crippen molar-refractivity contribution in [1.29, 1.82) is 0 Å². The molecule has 1 N–H and O–H groups in total. The zero-order valence-corrected chi connectivity index (χ0v) is 10.9. The summed E-state index contributed by atoms with van der Waals surface area (Å²) < 4.78 is 5.31. The highest BCUT2D eigenvalue weighted by Gasteiger charge is 2.25. The Morgan fingerprint density at radius 3 is 2.95 bits per heavy atom. The van der Waals surface area contributed by atoms with E-state index in [4.69, 9.17) is 4.52 Å². The normalized spacial score (nSPS) is 15.7. The molecule has 0 unspecified atom stereocenters. The topological polar surface area (TPSA) is 67.1 Å². The van der Waals surface area contributed by atoms with Crippen molar-refractivity contribution in [2.75, 3.05) is 19.6 Å². The Hall–Kier alpha value is -1.79. The summed E-state index contributed by atoms with van der Waals surface area (Å²) in [5.41, 5.74) is 0.742. The first kappa shape index (κ1) is 12.3. The standard InChI is InChI=1S/C13H17N5O/c1-2-18(10-7-14-8-10)9-12-16-13(17-19-12)11-5-3-4-6-15-11/h3-6,10,14H,2,7-9H2,1H3. The lowest BCUT2D eigenvalue weighted by Gasteiger charge is -2.36. The van der Waals surface area contributed by atoms with Gasteiger partial charge in [-0.1, -0.05) is 18.1 Å². The van der Waals surface area contributed by atoms with E-state index in [2.05, 4.69) is 32.3 Å². The fourth-order valence-electron chi connectivity index (χ4n) is 2.12. The zero-order valence-electron chi connectivity index (χ0n) is 10.9. The third kappa shape index (κ3) is 2.64. The average Bonchev–Trinajstić information content (AvgIpc) is 2.85. The van der Waals surface area contributed by atoms with Gasteiger partial charge in [0.25, 0.3) is 0 Å². The Kier molecular flexibility index (Phi) is 3.52. The quantitative estimate of drug-likeness (QED) is 0.861. The second-order valence-electron chi connectivity index (χ2n) is 4.60. The van der Waals surface area contributed by atoms with Crippen LogP contribution in [0, 0.1) is 0 Å². The van der Waals surface area contributed by atoms with Crippen LogP contribution in [0.1, 0.15) is 12.8 Å². The van der Waals surface area contributed by atoms with Gasteiger partial charge in [0.15, 0.2) is 0 Å². The highest BCUT2D eigenvalue weighted by Crippen LogP contribution is 2.14. The van der Waals surface area contributed by atoms with Crippen molar-refractivity contribution in [2.24, 2.45) is 0 Å². The van der Waals surface area contributed by atoms with E-state index in [1.54, 1.807) is 6.20 Å². The summed E-state index contributed by atoms with van der Waals surface area (Å²) in [6, 6.07) is 6.24. The fraction of sp³-hybridized carbons (Fsp3) is 0.462. The van der Waals surface area contributed by atoms with E-state index >= 15 is 0 Å². The van der Waals surface area contributed by atoms with Crippen LogP contribution in [0.2, 0.25) is 0 Å². The number of nitrogens with zero attached hydrogens (tertiary/aromatic N) is 4. The van der Waals surface area contributed by atoms with E-state index in [1.165, 1.54) is 0 Å². The third-order valence-electron chi connectivity index (χ3n) is 3.38. The third-order valence-corrected chi connectivity index (χ3v) is 3.38. The van der Waals surface area contributed by atoms with Crippen LogP contribution >= 0.6 is 0 Å². The van der Waals surface area contributed by atoms with E-state index < -0.39 is 0 Å². The molecule has 3 heterocycles. The molecule has 0 aliphatic carbocycles. The van der Waals surface area contributed by atoms with Crippen molar-refractivity contribution in [3.05, 3.63) is 30.3 Å². The number of nitrogens with one attached hydrogen (secondary N) is 1. The monoisotopic (exact) mass is 259 g/mol. The number of hydrogen-bond acceptors (Lipinski definition) is 6. The molecule has 0 bridgehead atoms. The molecular weight excluding hydrogens is 242 g/mol. The zero-order chi connectivity index (χ0) is 13.1. The van der Waals surface area contributed by atoms with E-state index in [9.17, 15) is 0 Å². The molecule has 0 aromatic carbocycles. The first-order chi connectivity index (χ1) is 9.36. The Labute approximate surface area is 111 Å². The first-order valence-electron chi connectivity index (χ1n) is 6.55. The van der Waals surface area contributed by atoms with Crippen LogP contribution in [0.15, 0.2) is 28.9 Å². The molecule has 1 saturated heterocycles. The smallest absolute Gasteiger partial charge is 0.241 e. The van der Waals surface area contributed by atoms with E-state index in [0.717, 1.165) is 25.3 Å². The van der Waals surface area contributed by atoms with Gasteiger partial charge in [-0.2, -0.15) is 4.98 Å². The molecule has 2 aromatic rings. The van der Waals surface area contributed by atoms with Crippen molar-refractivity contribution in [1.82, 2.24) is 25.3 Å². The molecule has 0 atom stereocenters. The molecule has 1 aliphatic heterocycles. The summed E-state index contributed by atoms with van der Waals surface area (Å²) >= 11 is 0. The molecule has 19 heavy (non-hydrogen) atoms. The maximum atomic E-state index is 5.31. The second-order valence-corrected chi connectivity index (χ2v) is 4.60. The largest absolute Gasteiger partial charge is 0.337 e. The summed E-state index contributed by atoms with van der Waals surface area (Å²) in [5.74, 6) is 1.20. The SMILES string of the molecule is CCN(Cc1nc(-c2ccccn2)no1)C1CNC1.